The number of nitrogens with two attached hydrogens (primary N) is 1. The minimum absolute atomic E-state index is 0.0215. The van der Waals surface area contributed by atoms with E-state index >= 15 is 0 Å². The number of carbonyl (C=O) groups excluding carboxylic acids is 2. The molecule has 1 aromatic rings. The van der Waals surface area contributed by atoms with Crippen LogP contribution in [-0.4, -0.2) is 43.4 Å². The molecule has 0 radical (unpaired) electrons. The first-order valence-corrected chi connectivity index (χ1v) is 10.1. The molecule has 2 N–H and O–H groups in total. The van der Waals surface area contributed by atoms with Gasteiger partial charge in [0.2, 0.25) is 10.0 Å². The van der Waals surface area contributed by atoms with Gasteiger partial charge in [0.1, 0.15) is 0 Å². The molecule has 0 saturated heterocycles. The maximum atomic E-state index is 12.5. The quantitative estimate of drug-likeness (QED) is 0.690. The van der Waals surface area contributed by atoms with E-state index in [0.717, 1.165) is 6.07 Å². The average molecular weight is 435 g/mol. The fraction of sp³-hybridized carbons (Fsp3) is 0.500. The number of halogens is 1. The van der Waals surface area contributed by atoms with E-state index < -0.39 is 22.1 Å². The Morgan fingerprint density at radius 2 is 1.64 bits per heavy atom. The van der Waals surface area contributed by atoms with Gasteiger partial charge in [-0.25, -0.2) is 18.4 Å². The first-order valence-electron chi connectivity index (χ1n) is 7.71. The van der Waals surface area contributed by atoms with Gasteiger partial charge in [-0.3, -0.25) is 4.79 Å². The third-order valence-corrected chi connectivity index (χ3v) is 5.09. The standard InChI is InChI=1S/C16H23BrN2O5S/c1-9(2)19(10(3)4)15(20)11(5)24-16(21)13-8-12(25(18,22)23)6-7-14(13)17/h6-11H,1-5H3,(H2,18,22,23). The molecule has 1 atom stereocenters. The van der Waals surface area contributed by atoms with Crippen molar-refractivity contribution < 1.29 is 22.7 Å². The maximum Gasteiger partial charge on any atom is 0.340 e. The van der Waals surface area contributed by atoms with E-state index in [-0.39, 0.29) is 28.4 Å². The van der Waals surface area contributed by atoms with Crippen LogP contribution in [0.15, 0.2) is 27.6 Å². The predicted molar refractivity (Wildman–Crippen MR) is 97.5 cm³/mol. The lowest BCUT2D eigenvalue weighted by Crippen LogP contribution is -2.47. The SMILES string of the molecule is CC(OC(=O)c1cc(S(N)(=O)=O)ccc1Br)C(=O)N(C(C)C)C(C)C. The Labute approximate surface area is 156 Å². The number of hydrogen-bond acceptors (Lipinski definition) is 5. The second-order valence-electron chi connectivity index (χ2n) is 6.17. The average Bonchev–Trinajstić information content (AvgIpc) is 2.45. The molecular formula is C16H23BrN2O5S. The van der Waals surface area contributed by atoms with E-state index in [1.54, 1.807) is 4.90 Å². The summed E-state index contributed by atoms with van der Waals surface area (Å²) < 4.78 is 28.5. The Kier molecular flexibility index (Phi) is 7.16. The summed E-state index contributed by atoms with van der Waals surface area (Å²) in [7, 11) is -3.96. The molecule has 0 aliphatic rings. The van der Waals surface area contributed by atoms with Crippen LogP contribution in [0.3, 0.4) is 0 Å². The zero-order valence-corrected chi connectivity index (χ0v) is 17.2. The van der Waals surface area contributed by atoms with E-state index in [4.69, 9.17) is 9.88 Å². The van der Waals surface area contributed by atoms with Crippen LogP contribution < -0.4 is 5.14 Å². The van der Waals surface area contributed by atoms with Gasteiger partial charge < -0.3 is 9.64 Å². The van der Waals surface area contributed by atoms with Gasteiger partial charge in [-0.2, -0.15) is 0 Å². The van der Waals surface area contributed by atoms with Crippen molar-refractivity contribution in [2.45, 2.75) is 57.7 Å². The zero-order valence-electron chi connectivity index (χ0n) is 14.8. The van der Waals surface area contributed by atoms with Crippen molar-refractivity contribution in [3.8, 4) is 0 Å². The summed E-state index contributed by atoms with van der Waals surface area (Å²) >= 11 is 3.17. The molecule has 140 valence electrons. The number of esters is 1. The predicted octanol–water partition coefficient (Wildman–Crippen LogP) is 2.29. The molecule has 1 rings (SSSR count). The van der Waals surface area contributed by atoms with Crippen molar-refractivity contribution in [3.63, 3.8) is 0 Å². The van der Waals surface area contributed by atoms with E-state index in [2.05, 4.69) is 15.9 Å². The Morgan fingerprint density at radius 3 is 2.08 bits per heavy atom. The number of carbonyl (C=O) groups is 2. The van der Waals surface area contributed by atoms with Gasteiger partial charge in [0.15, 0.2) is 6.10 Å². The monoisotopic (exact) mass is 434 g/mol. The molecule has 9 heteroatoms. The van der Waals surface area contributed by atoms with Gasteiger partial charge in [0, 0.05) is 16.6 Å². The van der Waals surface area contributed by atoms with Crippen molar-refractivity contribution >= 4 is 37.8 Å². The first-order chi connectivity index (χ1) is 11.4. The molecule has 7 nitrogen and oxygen atoms in total. The molecule has 1 unspecified atom stereocenters. The number of hydrogen-bond donors (Lipinski definition) is 1. The number of primary sulfonamides is 1. The van der Waals surface area contributed by atoms with Gasteiger partial charge in [-0.1, -0.05) is 0 Å². The molecule has 0 bridgehead atoms. The molecule has 1 aromatic carbocycles. The number of benzene rings is 1. The zero-order chi connectivity index (χ0) is 19.5. The largest absolute Gasteiger partial charge is 0.449 e. The minimum atomic E-state index is -3.96. The highest BCUT2D eigenvalue weighted by Crippen LogP contribution is 2.22. The normalized spacial score (nSPS) is 13.0. The van der Waals surface area contributed by atoms with E-state index in [9.17, 15) is 18.0 Å². The van der Waals surface area contributed by atoms with Crippen molar-refractivity contribution in [1.29, 1.82) is 0 Å². The smallest absolute Gasteiger partial charge is 0.340 e. The van der Waals surface area contributed by atoms with Crippen LogP contribution in [0.5, 0.6) is 0 Å². The topological polar surface area (TPSA) is 107 Å². The van der Waals surface area contributed by atoms with Gasteiger partial charge in [-0.05, 0) is 68.7 Å². The molecule has 1 amide bonds. The Hall–Kier alpha value is -1.45. The highest BCUT2D eigenvalue weighted by molar-refractivity contribution is 9.10. The first kappa shape index (κ1) is 21.6. The third kappa shape index (κ3) is 5.52. The van der Waals surface area contributed by atoms with Gasteiger partial charge in [0.25, 0.3) is 5.91 Å². The van der Waals surface area contributed by atoms with Crippen LogP contribution in [0.2, 0.25) is 0 Å². The Balaban J connectivity index is 3.04. The van der Waals surface area contributed by atoms with Crippen LogP contribution in [0.4, 0.5) is 0 Å². The highest BCUT2D eigenvalue weighted by Gasteiger charge is 2.28. The lowest BCUT2D eigenvalue weighted by atomic mass is 10.2. The molecule has 0 aromatic heterocycles. The maximum absolute atomic E-state index is 12.5. The van der Waals surface area contributed by atoms with Crippen LogP contribution in [0.25, 0.3) is 0 Å². The van der Waals surface area contributed by atoms with Crippen molar-refractivity contribution in [2.24, 2.45) is 5.14 Å². The highest BCUT2D eigenvalue weighted by atomic mass is 79.9. The molecule has 0 aliphatic heterocycles. The number of amides is 1. The number of nitrogens with zero attached hydrogens (tertiary/aromatic N) is 1. The van der Waals surface area contributed by atoms with Crippen molar-refractivity contribution in [1.82, 2.24) is 4.90 Å². The van der Waals surface area contributed by atoms with Gasteiger partial charge >= 0.3 is 5.97 Å². The van der Waals surface area contributed by atoms with Crippen LogP contribution in [0, 0.1) is 0 Å². The molecule has 0 spiro atoms. The second-order valence-corrected chi connectivity index (χ2v) is 8.58. The molecule has 0 saturated carbocycles. The summed E-state index contributed by atoms with van der Waals surface area (Å²) in [4.78, 5) is 26.3. The third-order valence-electron chi connectivity index (χ3n) is 3.49. The lowest BCUT2D eigenvalue weighted by Gasteiger charge is -2.32. The summed E-state index contributed by atoms with van der Waals surface area (Å²) in [5, 5.41) is 5.08. The molecule has 0 heterocycles. The van der Waals surface area contributed by atoms with Crippen molar-refractivity contribution in [3.05, 3.63) is 28.2 Å². The summed E-state index contributed by atoms with van der Waals surface area (Å²) in [6, 6.07) is 3.67. The van der Waals surface area contributed by atoms with Gasteiger partial charge in [0.05, 0.1) is 10.5 Å². The molecule has 25 heavy (non-hydrogen) atoms. The summed E-state index contributed by atoms with van der Waals surface area (Å²) in [6.07, 6.45) is -1.01. The number of rotatable bonds is 6. The Morgan fingerprint density at radius 1 is 1.12 bits per heavy atom. The van der Waals surface area contributed by atoms with E-state index in [1.807, 2.05) is 27.7 Å². The summed E-state index contributed by atoms with van der Waals surface area (Å²) in [5.74, 6) is -1.14. The molecular weight excluding hydrogens is 412 g/mol. The van der Waals surface area contributed by atoms with Gasteiger partial charge in [-0.15, -0.1) is 0 Å². The fourth-order valence-corrected chi connectivity index (χ4v) is 3.38. The summed E-state index contributed by atoms with van der Waals surface area (Å²) in [6.45, 7) is 8.98. The van der Waals surface area contributed by atoms with Crippen LogP contribution in [-0.2, 0) is 19.6 Å². The number of ether oxygens (including phenoxy) is 1. The fourth-order valence-electron chi connectivity index (χ4n) is 2.43. The van der Waals surface area contributed by atoms with E-state index in [1.165, 1.54) is 19.1 Å². The van der Waals surface area contributed by atoms with E-state index in [0.29, 0.717) is 4.47 Å². The molecule has 0 aliphatic carbocycles. The molecule has 0 fully saturated rings. The second kappa shape index (κ2) is 8.29. The minimum Gasteiger partial charge on any atom is -0.449 e. The van der Waals surface area contributed by atoms with Crippen molar-refractivity contribution in [2.75, 3.05) is 0 Å². The van der Waals surface area contributed by atoms with Crippen LogP contribution in [0.1, 0.15) is 45.0 Å². The number of sulfonamides is 1. The van der Waals surface area contributed by atoms with Crippen LogP contribution >= 0.6 is 15.9 Å². The lowest BCUT2D eigenvalue weighted by molar-refractivity contribution is -0.143. The summed E-state index contributed by atoms with van der Waals surface area (Å²) in [5.41, 5.74) is -0.0215. The Bertz CT molecular complexity index is 754.